The summed E-state index contributed by atoms with van der Waals surface area (Å²) in [6, 6.07) is -0.0831. The molecule has 21 heavy (non-hydrogen) atoms. The van der Waals surface area contributed by atoms with Gasteiger partial charge in [-0.1, -0.05) is 6.42 Å². The lowest BCUT2D eigenvalue weighted by molar-refractivity contribution is -0.145. The molecule has 2 aliphatic rings. The molecule has 2 fully saturated rings. The minimum atomic E-state index is -0.806. The van der Waals surface area contributed by atoms with Crippen LogP contribution in [0.15, 0.2) is 0 Å². The number of nitrogens with zero attached hydrogens (tertiary/aromatic N) is 1. The van der Waals surface area contributed by atoms with E-state index in [1.165, 1.54) is 7.11 Å². The Balaban J connectivity index is 1.86. The number of rotatable bonds is 3. The van der Waals surface area contributed by atoms with Crippen LogP contribution in [-0.4, -0.2) is 54.2 Å². The number of hydrogen-bond donors (Lipinski definition) is 2. The molecule has 2 amide bonds. The Labute approximate surface area is 123 Å². The van der Waals surface area contributed by atoms with E-state index in [1.54, 1.807) is 4.90 Å². The predicted molar refractivity (Wildman–Crippen MR) is 73.6 cm³/mol. The molecular formula is C14H22N2O5. The van der Waals surface area contributed by atoms with E-state index in [0.29, 0.717) is 32.4 Å². The minimum absolute atomic E-state index is 0.0233. The molecule has 0 spiro atoms. The number of methoxy groups -OCH3 is 1. The third kappa shape index (κ3) is 3.86. The molecule has 0 bridgehead atoms. The first-order valence-corrected chi connectivity index (χ1v) is 7.37. The lowest BCUT2D eigenvalue weighted by atomic mass is 9.81. The van der Waals surface area contributed by atoms with E-state index in [1.807, 2.05) is 0 Å². The summed E-state index contributed by atoms with van der Waals surface area (Å²) < 4.78 is 4.55. The Morgan fingerprint density at radius 3 is 2.57 bits per heavy atom. The summed E-state index contributed by atoms with van der Waals surface area (Å²) >= 11 is 0. The molecule has 3 unspecified atom stereocenters. The van der Waals surface area contributed by atoms with Gasteiger partial charge in [0, 0.05) is 19.0 Å². The fraction of sp³-hybridized carbons (Fsp3) is 0.786. The van der Waals surface area contributed by atoms with Gasteiger partial charge in [-0.2, -0.15) is 0 Å². The monoisotopic (exact) mass is 298 g/mol. The summed E-state index contributed by atoms with van der Waals surface area (Å²) in [6.07, 6.45) is 2.85. The number of carboxylic acids is 1. The SMILES string of the molecule is COC(=O)NC1CCN(C(=O)C2CCCC(C(=O)O)C2)C1. The standard InChI is InChI=1S/C14H22N2O5/c1-21-14(20)15-11-5-6-16(8-11)12(17)9-3-2-4-10(7-9)13(18)19/h9-11H,2-8H2,1H3,(H,15,20)(H,18,19). The smallest absolute Gasteiger partial charge is 0.407 e. The average Bonchev–Trinajstić information content (AvgIpc) is 2.94. The van der Waals surface area contributed by atoms with Gasteiger partial charge < -0.3 is 20.1 Å². The molecule has 1 heterocycles. The molecule has 1 saturated heterocycles. The summed E-state index contributed by atoms with van der Waals surface area (Å²) in [7, 11) is 1.31. The van der Waals surface area contributed by atoms with Crippen LogP contribution in [0.3, 0.4) is 0 Å². The van der Waals surface area contributed by atoms with Crippen LogP contribution in [0.25, 0.3) is 0 Å². The van der Waals surface area contributed by atoms with Gasteiger partial charge in [0.25, 0.3) is 0 Å². The van der Waals surface area contributed by atoms with Crippen molar-refractivity contribution in [2.75, 3.05) is 20.2 Å². The number of amides is 2. The highest BCUT2D eigenvalue weighted by Gasteiger charge is 2.36. The van der Waals surface area contributed by atoms with E-state index >= 15 is 0 Å². The van der Waals surface area contributed by atoms with Crippen LogP contribution >= 0.6 is 0 Å². The largest absolute Gasteiger partial charge is 0.481 e. The highest BCUT2D eigenvalue weighted by molar-refractivity contribution is 5.80. The zero-order valence-corrected chi connectivity index (χ0v) is 12.2. The van der Waals surface area contributed by atoms with Gasteiger partial charge in [-0.15, -0.1) is 0 Å². The minimum Gasteiger partial charge on any atom is -0.481 e. The van der Waals surface area contributed by atoms with E-state index < -0.39 is 18.0 Å². The maximum atomic E-state index is 12.5. The number of nitrogens with one attached hydrogen (secondary N) is 1. The highest BCUT2D eigenvalue weighted by Crippen LogP contribution is 2.31. The quantitative estimate of drug-likeness (QED) is 0.804. The zero-order chi connectivity index (χ0) is 15.4. The molecule has 2 N–H and O–H groups in total. The van der Waals surface area contributed by atoms with Crippen LogP contribution in [0.2, 0.25) is 0 Å². The molecular weight excluding hydrogens is 276 g/mol. The molecule has 0 aromatic heterocycles. The van der Waals surface area contributed by atoms with E-state index in [4.69, 9.17) is 5.11 Å². The number of carbonyl (C=O) groups is 3. The number of hydrogen-bond acceptors (Lipinski definition) is 4. The van der Waals surface area contributed by atoms with Gasteiger partial charge in [-0.05, 0) is 25.7 Å². The van der Waals surface area contributed by atoms with Crippen molar-refractivity contribution < 1.29 is 24.2 Å². The van der Waals surface area contributed by atoms with Crippen molar-refractivity contribution in [3.05, 3.63) is 0 Å². The first kappa shape index (κ1) is 15.6. The molecule has 0 aromatic rings. The van der Waals surface area contributed by atoms with E-state index in [2.05, 4.69) is 10.1 Å². The summed E-state index contributed by atoms with van der Waals surface area (Å²) in [5.74, 6) is -1.38. The molecule has 118 valence electrons. The van der Waals surface area contributed by atoms with Gasteiger partial charge in [0.05, 0.1) is 19.1 Å². The van der Waals surface area contributed by atoms with Crippen molar-refractivity contribution in [1.29, 1.82) is 0 Å². The summed E-state index contributed by atoms with van der Waals surface area (Å²) in [6.45, 7) is 1.07. The Hall–Kier alpha value is -1.79. The van der Waals surface area contributed by atoms with Crippen molar-refractivity contribution in [3.8, 4) is 0 Å². The van der Waals surface area contributed by atoms with Crippen LogP contribution in [-0.2, 0) is 14.3 Å². The Morgan fingerprint density at radius 1 is 1.19 bits per heavy atom. The van der Waals surface area contributed by atoms with Crippen molar-refractivity contribution in [3.63, 3.8) is 0 Å². The Kier molecular flexibility index (Phi) is 5.03. The van der Waals surface area contributed by atoms with Crippen molar-refractivity contribution in [2.24, 2.45) is 11.8 Å². The van der Waals surface area contributed by atoms with Gasteiger partial charge >= 0.3 is 12.1 Å². The van der Waals surface area contributed by atoms with Crippen molar-refractivity contribution in [1.82, 2.24) is 10.2 Å². The second-order valence-electron chi connectivity index (χ2n) is 5.80. The van der Waals surface area contributed by atoms with Crippen LogP contribution in [0.1, 0.15) is 32.1 Å². The fourth-order valence-corrected chi connectivity index (χ4v) is 3.20. The van der Waals surface area contributed by atoms with Crippen LogP contribution in [0.5, 0.6) is 0 Å². The zero-order valence-electron chi connectivity index (χ0n) is 12.2. The van der Waals surface area contributed by atoms with Gasteiger partial charge in [0.1, 0.15) is 0 Å². The first-order valence-electron chi connectivity index (χ1n) is 7.37. The second-order valence-corrected chi connectivity index (χ2v) is 5.80. The summed E-state index contributed by atoms with van der Waals surface area (Å²) in [4.78, 5) is 36.4. The second kappa shape index (κ2) is 6.78. The lowest BCUT2D eigenvalue weighted by Gasteiger charge is -2.29. The highest BCUT2D eigenvalue weighted by atomic mass is 16.5. The van der Waals surface area contributed by atoms with Crippen LogP contribution < -0.4 is 5.32 Å². The van der Waals surface area contributed by atoms with E-state index in [9.17, 15) is 14.4 Å². The lowest BCUT2D eigenvalue weighted by Crippen LogP contribution is -2.41. The van der Waals surface area contributed by atoms with Crippen molar-refractivity contribution in [2.45, 2.75) is 38.1 Å². The van der Waals surface area contributed by atoms with Gasteiger partial charge in [-0.3, -0.25) is 9.59 Å². The number of ether oxygens (including phenoxy) is 1. The molecule has 7 nitrogen and oxygen atoms in total. The Morgan fingerprint density at radius 2 is 1.90 bits per heavy atom. The molecule has 1 saturated carbocycles. The molecule has 1 aliphatic carbocycles. The molecule has 7 heteroatoms. The normalized spacial score (nSPS) is 29.0. The number of carbonyl (C=O) groups excluding carboxylic acids is 2. The number of likely N-dealkylation sites (tertiary alicyclic amines) is 1. The molecule has 3 atom stereocenters. The van der Waals surface area contributed by atoms with Gasteiger partial charge in [0.2, 0.25) is 5.91 Å². The number of alkyl carbamates (subject to hydrolysis) is 1. The van der Waals surface area contributed by atoms with Crippen molar-refractivity contribution >= 4 is 18.0 Å². The number of carboxylic acid groups (broad SMARTS) is 1. The third-order valence-electron chi connectivity index (χ3n) is 4.38. The third-order valence-corrected chi connectivity index (χ3v) is 4.38. The maximum Gasteiger partial charge on any atom is 0.407 e. The first-order chi connectivity index (χ1) is 10.0. The van der Waals surface area contributed by atoms with E-state index in [0.717, 1.165) is 12.8 Å². The maximum absolute atomic E-state index is 12.5. The molecule has 1 aliphatic heterocycles. The molecule has 0 radical (unpaired) electrons. The number of aliphatic carboxylic acids is 1. The summed E-state index contributed by atoms with van der Waals surface area (Å²) in [5, 5.41) is 11.8. The fourth-order valence-electron chi connectivity index (χ4n) is 3.20. The van der Waals surface area contributed by atoms with Gasteiger partial charge in [-0.25, -0.2) is 4.79 Å². The van der Waals surface area contributed by atoms with Gasteiger partial charge in [0.15, 0.2) is 0 Å². The average molecular weight is 298 g/mol. The van der Waals surface area contributed by atoms with Crippen LogP contribution in [0.4, 0.5) is 4.79 Å². The topological polar surface area (TPSA) is 95.9 Å². The summed E-state index contributed by atoms with van der Waals surface area (Å²) in [5.41, 5.74) is 0. The predicted octanol–water partition coefficient (Wildman–Crippen LogP) is 0.834. The van der Waals surface area contributed by atoms with Crippen LogP contribution in [0, 0.1) is 11.8 Å². The Bertz CT molecular complexity index is 426. The molecule has 2 rings (SSSR count). The van der Waals surface area contributed by atoms with E-state index in [-0.39, 0.29) is 17.9 Å². The molecule has 0 aromatic carbocycles.